The van der Waals surface area contributed by atoms with E-state index in [1.54, 1.807) is 24.3 Å². The SMILES string of the molecule is CCCCCCCC[Si](C)(CCCCCCCC)CCCOCCOc1ccc([I+](OS(=O)(=O)c2ccc(C)cc2)c2ccccc2)cc1. The summed E-state index contributed by atoms with van der Waals surface area (Å²) in [7, 11) is -5.15. The summed E-state index contributed by atoms with van der Waals surface area (Å²) in [6.07, 6.45) is 17.8. The third kappa shape index (κ3) is 16.4. The summed E-state index contributed by atoms with van der Waals surface area (Å²) >= 11 is -2.76. The monoisotopic (exact) mass is 822 g/mol. The van der Waals surface area contributed by atoms with E-state index in [9.17, 15) is 8.42 Å². The van der Waals surface area contributed by atoms with Gasteiger partial charge in [0.15, 0.2) is 7.14 Å². The average Bonchev–Trinajstić information content (AvgIpc) is 3.11. The fourth-order valence-corrected chi connectivity index (χ4v) is 17.1. The van der Waals surface area contributed by atoms with E-state index in [2.05, 4.69) is 20.4 Å². The lowest BCUT2D eigenvalue weighted by atomic mass is 10.1. The Labute approximate surface area is 308 Å². The van der Waals surface area contributed by atoms with Crippen LogP contribution in [-0.4, -0.2) is 36.3 Å². The Morgan fingerprint density at radius 2 is 1.12 bits per heavy atom. The smallest absolute Gasteiger partial charge is 0.336 e. The van der Waals surface area contributed by atoms with Gasteiger partial charge < -0.3 is 9.47 Å². The largest absolute Gasteiger partial charge is 0.491 e. The molecule has 8 heteroatoms. The van der Waals surface area contributed by atoms with Gasteiger partial charge in [-0.05, 0) is 64.4 Å². The Hall–Kier alpha value is -1.72. The van der Waals surface area contributed by atoms with Gasteiger partial charge in [0.2, 0.25) is 0 Å². The van der Waals surface area contributed by atoms with Gasteiger partial charge in [-0.3, -0.25) is 0 Å². The molecule has 0 spiro atoms. The van der Waals surface area contributed by atoms with Gasteiger partial charge in [-0.2, -0.15) is 8.42 Å². The van der Waals surface area contributed by atoms with Crippen molar-refractivity contribution in [2.24, 2.45) is 0 Å². The zero-order valence-corrected chi connectivity index (χ0v) is 34.7. The average molecular weight is 823 g/mol. The van der Waals surface area contributed by atoms with Crippen LogP contribution < -0.4 is 25.0 Å². The Balaban J connectivity index is 1.45. The summed E-state index contributed by atoms with van der Waals surface area (Å²) in [5, 5.41) is 0. The van der Waals surface area contributed by atoms with E-state index in [1.807, 2.05) is 61.5 Å². The van der Waals surface area contributed by atoms with Crippen LogP contribution in [0.5, 0.6) is 5.75 Å². The van der Waals surface area contributed by atoms with Crippen molar-refractivity contribution in [2.45, 2.75) is 134 Å². The van der Waals surface area contributed by atoms with Gasteiger partial charge in [0.25, 0.3) is 0 Å². The molecule has 3 aromatic rings. The minimum atomic E-state index is -3.91. The highest BCUT2D eigenvalue weighted by atomic mass is 127. The zero-order chi connectivity index (χ0) is 35.2. The minimum absolute atomic E-state index is 0.180. The van der Waals surface area contributed by atoms with E-state index in [0.29, 0.717) is 13.2 Å². The van der Waals surface area contributed by atoms with Gasteiger partial charge in [0.05, 0.1) is 19.6 Å². The van der Waals surface area contributed by atoms with Crippen LogP contribution in [-0.2, 0) is 17.4 Å². The van der Waals surface area contributed by atoms with Crippen LogP contribution in [0, 0.1) is 14.1 Å². The molecule has 3 rings (SSSR count). The molecule has 1 radical (unpaired) electrons. The number of aryl methyl sites for hydroxylation is 1. The molecule has 0 unspecified atom stereocenters. The fourth-order valence-electron chi connectivity index (χ4n) is 6.16. The molecule has 0 aliphatic heterocycles. The van der Waals surface area contributed by atoms with Crippen LogP contribution in [0.25, 0.3) is 0 Å². The molecular weight excluding hydrogens is 760 g/mol. The van der Waals surface area contributed by atoms with Crippen LogP contribution >= 0.6 is 0 Å². The second-order valence-corrected chi connectivity index (χ2v) is 25.4. The predicted molar refractivity (Wildman–Crippen MR) is 203 cm³/mol. The van der Waals surface area contributed by atoms with E-state index >= 15 is 0 Å². The maximum Gasteiger partial charge on any atom is 0.336 e. The molecule has 0 bridgehead atoms. The maximum absolute atomic E-state index is 13.2. The third-order valence-electron chi connectivity index (χ3n) is 9.23. The normalized spacial score (nSPS) is 12.1. The highest BCUT2D eigenvalue weighted by Crippen LogP contribution is 2.29. The minimum Gasteiger partial charge on any atom is -0.491 e. The van der Waals surface area contributed by atoms with Crippen LogP contribution in [0.3, 0.4) is 0 Å². The third-order valence-corrected chi connectivity index (χ3v) is 21.3. The second kappa shape index (κ2) is 23.7. The van der Waals surface area contributed by atoms with Gasteiger partial charge in [0.1, 0.15) is 12.4 Å². The number of ether oxygens (including phenoxy) is 2. The molecule has 0 N–H and O–H groups in total. The number of halogens is 1. The number of unbranched alkanes of at least 4 members (excludes halogenated alkanes) is 10. The zero-order valence-electron chi connectivity index (χ0n) is 30.8. The Kier molecular flexibility index (Phi) is 20.2. The van der Waals surface area contributed by atoms with Gasteiger partial charge in [-0.1, -0.05) is 151 Å². The van der Waals surface area contributed by atoms with Crippen molar-refractivity contribution in [3.8, 4) is 5.75 Å². The summed E-state index contributed by atoms with van der Waals surface area (Å²) in [5.41, 5.74) is 1.00. The molecule has 3 aromatic carbocycles. The molecule has 0 aliphatic rings. The van der Waals surface area contributed by atoms with Gasteiger partial charge in [0, 0.05) is 6.61 Å². The first kappa shape index (κ1) is 41.7. The van der Waals surface area contributed by atoms with Crippen molar-refractivity contribution in [3.63, 3.8) is 0 Å². The molecule has 5 nitrogen and oxygen atoms in total. The van der Waals surface area contributed by atoms with Crippen LogP contribution in [0.2, 0.25) is 24.7 Å². The molecular formula is C41H63IO5SSi+. The highest BCUT2D eigenvalue weighted by molar-refractivity contribution is 7.86. The Bertz CT molecular complexity index is 1370. The number of benzene rings is 3. The summed E-state index contributed by atoms with van der Waals surface area (Å²) in [6.45, 7) is 11.0. The van der Waals surface area contributed by atoms with Gasteiger partial charge in [-0.15, -0.1) is 0 Å². The van der Waals surface area contributed by atoms with E-state index in [4.69, 9.17) is 12.0 Å². The molecule has 0 atom stereocenters. The maximum atomic E-state index is 13.2. The van der Waals surface area contributed by atoms with E-state index < -0.39 is 38.4 Å². The second-order valence-electron chi connectivity index (χ2n) is 13.7. The lowest BCUT2D eigenvalue weighted by Gasteiger charge is -2.28. The lowest BCUT2D eigenvalue weighted by molar-refractivity contribution is -1.03. The van der Waals surface area contributed by atoms with Crippen molar-refractivity contribution in [2.75, 3.05) is 19.8 Å². The van der Waals surface area contributed by atoms with Crippen molar-refractivity contribution in [1.82, 2.24) is 0 Å². The van der Waals surface area contributed by atoms with Crippen LogP contribution in [0.1, 0.15) is 103 Å². The summed E-state index contributed by atoms with van der Waals surface area (Å²) in [4.78, 5) is 0.180. The van der Waals surface area contributed by atoms with Crippen molar-refractivity contribution >= 4 is 18.2 Å². The first-order chi connectivity index (χ1) is 23.8. The summed E-state index contributed by atoms with van der Waals surface area (Å²) < 4.78 is 46.3. The quantitative estimate of drug-likeness (QED) is 0.0439. The standard InChI is InChI=1S/C41H63IO5SSi/c1-5-7-9-11-13-18-34-49(4,35-19-14-12-10-8-6-2)36-20-31-45-32-33-46-40-27-25-39(26-28-40)42(38-21-16-15-17-22-38)47-48(43,44)41-29-23-37(3)24-30-41/h15-17,21-30H,5-14,18-20,31-36H2,1-4H3/q+1. The van der Waals surface area contributed by atoms with Crippen LogP contribution in [0.4, 0.5) is 0 Å². The van der Waals surface area contributed by atoms with E-state index in [1.165, 1.54) is 95.2 Å². The van der Waals surface area contributed by atoms with Gasteiger partial charge in [-0.25, -0.2) is 0 Å². The van der Waals surface area contributed by atoms with E-state index in [-0.39, 0.29) is 4.90 Å². The number of hydrogen-bond acceptors (Lipinski definition) is 5. The van der Waals surface area contributed by atoms with Gasteiger partial charge >= 0.3 is 30.4 Å². The van der Waals surface area contributed by atoms with Crippen molar-refractivity contribution in [3.05, 3.63) is 91.6 Å². The molecule has 0 aromatic heterocycles. The molecule has 0 aliphatic carbocycles. The summed E-state index contributed by atoms with van der Waals surface area (Å²) in [6, 6.07) is 28.5. The first-order valence-electron chi connectivity index (χ1n) is 18.8. The van der Waals surface area contributed by atoms with Crippen molar-refractivity contribution in [1.29, 1.82) is 0 Å². The first-order valence-corrected chi connectivity index (χ1v) is 26.4. The molecule has 49 heavy (non-hydrogen) atoms. The number of rotatable bonds is 27. The molecule has 0 saturated heterocycles. The molecule has 0 saturated carbocycles. The fraction of sp³-hybridized carbons (Fsp3) is 0.561. The molecule has 273 valence electrons. The lowest BCUT2D eigenvalue weighted by Crippen LogP contribution is -3.85. The van der Waals surface area contributed by atoms with Crippen LogP contribution in [0.15, 0.2) is 83.8 Å². The topological polar surface area (TPSA) is 61.8 Å². The van der Waals surface area contributed by atoms with Crippen molar-refractivity contribution < 1.29 is 40.6 Å². The molecule has 0 heterocycles. The summed E-state index contributed by atoms with van der Waals surface area (Å²) in [5.74, 6) is 0.746. The molecule has 0 fully saturated rings. The highest BCUT2D eigenvalue weighted by Gasteiger charge is 2.37. The number of hydrogen-bond donors (Lipinski definition) is 0. The Morgan fingerprint density at radius 1 is 0.592 bits per heavy atom. The predicted octanol–water partition coefficient (Wildman–Crippen LogP) is 8.56. The Morgan fingerprint density at radius 3 is 1.71 bits per heavy atom. The van der Waals surface area contributed by atoms with E-state index in [0.717, 1.165) is 31.5 Å². The molecule has 0 amide bonds.